The lowest BCUT2D eigenvalue weighted by atomic mass is 10.2. The summed E-state index contributed by atoms with van der Waals surface area (Å²) in [5.74, 6) is 1.19. The first-order valence-corrected chi connectivity index (χ1v) is 8.19. The number of anilines is 2. The molecule has 6 heteroatoms. The maximum atomic E-state index is 12.4. The average Bonchev–Trinajstić information content (AvgIpc) is 2.57. The molecule has 1 aromatic heterocycles. The fourth-order valence-corrected chi connectivity index (χ4v) is 2.28. The molecule has 1 amide bonds. The molecule has 0 aliphatic rings. The SMILES string of the molecule is CCN(CC)C(=O)c1cc(Nc2ccccc2OC(C)C)ncn1. The van der Waals surface area contributed by atoms with E-state index >= 15 is 0 Å². The van der Waals surface area contributed by atoms with Crippen LogP contribution >= 0.6 is 0 Å². The van der Waals surface area contributed by atoms with Gasteiger partial charge in [-0.2, -0.15) is 0 Å². The number of aromatic nitrogens is 2. The number of benzene rings is 1. The van der Waals surface area contributed by atoms with Gasteiger partial charge in [-0.3, -0.25) is 4.79 Å². The number of carbonyl (C=O) groups is 1. The zero-order valence-corrected chi connectivity index (χ0v) is 14.6. The number of carbonyl (C=O) groups excluding carboxylic acids is 1. The molecule has 0 unspecified atom stereocenters. The predicted octanol–water partition coefficient (Wildman–Crippen LogP) is 3.49. The van der Waals surface area contributed by atoms with Gasteiger partial charge >= 0.3 is 0 Å². The summed E-state index contributed by atoms with van der Waals surface area (Å²) in [4.78, 5) is 22.4. The van der Waals surface area contributed by atoms with Gasteiger partial charge in [0.1, 0.15) is 23.6 Å². The normalized spacial score (nSPS) is 10.5. The highest BCUT2D eigenvalue weighted by atomic mass is 16.5. The summed E-state index contributed by atoms with van der Waals surface area (Å²) in [7, 11) is 0. The Morgan fingerprint density at radius 1 is 1.21 bits per heavy atom. The van der Waals surface area contributed by atoms with E-state index in [1.807, 2.05) is 52.0 Å². The molecule has 0 radical (unpaired) electrons. The number of rotatable bonds is 7. The maximum absolute atomic E-state index is 12.4. The Labute approximate surface area is 142 Å². The quantitative estimate of drug-likeness (QED) is 0.842. The first kappa shape index (κ1) is 17.7. The Kier molecular flexibility index (Phi) is 6.12. The van der Waals surface area contributed by atoms with Gasteiger partial charge in [0.25, 0.3) is 5.91 Å². The largest absolute Gasteiger partial charge is 0.489 e. The van der Waals surface area contributed by atoms with Crippen molar-refractivity contribution in [2.45, 2.75) is 33.8 Å². The van der Waals surface area contributed by atoms with E-state index in [1.54, 1.807) is 11.0 Å². The van der Waals surface area contributed by atoms with Crippen LogP contribution in [0.15, 0.2) is 36.7 Å². The Bertz CT molecular complexity index is 684. The molecule has 0 saturated heterocycles. The molecule has 1 N–H and O–H groups in total. The van der Waals surface area contributed by atoms with Crippen LogP contribution in [0.1, 0.15) is 38.2 Å². The van der Waals surface area contributed by atoms with Crippen molar-refractivity contribution in [2.24, 2.45) is 0 Å². The topological polar surface area (TPSA) is 67.4 Å². The molecular formula is C18H24N4O2. The van der Waals surface area contributed by atoms with Crippen molar-refractivity contribution >= 4 is 17.4 Å². The summed E-state index contributed by atoms with van der Waals surface area (Å²) in [6.07, 6.45) is 1.46. The van der Waals surface area contributed by atoms with Crippen LogP contribution in [0.25, 0.3) is 0 Å². The third-order valence-corrected chi connectivity index (χ3v) is 3.45. The molecule has 6 nitrogen and oxygen atoms in total. The molecule has 0 aliphatic carbocycles. The Balaban J connectivity index is 2.23. The monoisotopic (exact) mass is 328 g/mol. The number of ether oxygens (including phenoxy) is 1. The number of hydrogen-bond acceptors (Lipinski definition) is 5. The molecule has 128 valence electrons. The average molecular weight is 328 g/mol. The number of nitrogens with one attached hydrogen (secondary N) is 1. The van der Waals surface area contributed by atoms with Gasteiger partial charge in [0.2, 0.25) is 0 Å². The van der Waals surface area contributed by atoms with E-state index in [-0.39, 0.29) is 12.0 Å². The molecule has 24 heavy (non-hydrogen) atoms. The lowest BCUT2D eigenvalue weighted by molar-refractivity contribution is 0.0767. The molecule has 0 saturated carbocycles. The summed E-state index contributed by atoms with van der Waals surface area (Å²) >= 11 is 0. The standard InChI is InChI=1S/C18H24N4O2/c1-5-22(6-2)18(23)15-11-17(20-12-19-15)21-14-9-7-8-10-16(14)24-13(3)4/h7-13H,5-6H2,1-4H3,(H,19,20,21). The summed E-state index contributed by atoms with van der Waals surface area (Å²) in [6, 6.07) is 9.29. The zero-order chi connectivity index (χ0) is 17.5. The minimum Gasteiger partial charge on any atom is -0.489 e. The van der Waals surface area contributed by atoms with Crippen LogP contribution < -0.4 is 10.1 Å². The van der Waals surface area contributed by atoms with Crippen molar-refractivity contribution in [2.75, 3.05) is 18.4 Å². The van der Waals surface area contributed by atoms with Gasteiger partial charge in [-0.15, -0.1) is 0 Å². The number of para-hydroxylation sites is 2. The van der Waals surface area contributed by atoms with Gasteiger partial charge in [0.05, 0.1) is 11.8 Å². The lowest BCUT2D eigenvalue weighted by Gasteiger charge is -2.18. The van der Waals surface area contributed by atoms with Gasteiger partial charge in [-0.25, -0.2) is 9.97 Å². The first-order valence-electron chi connectivity index (χ1n) is 8.19. The van der Waals surface area contributed by atoms with Gasteiger partial charge < -0.3 is 15.0 Å². The molecule has 0 aliphatic heterocycles. The van der Waals surface area contributed by atoms with E-state index in [0.29, 0.717) is 24.6 Å². The molecule has 0 bridgehead atoms. The highest BCUT2D eigenvalue weighted by Crippen LogP contribution is 2.27. The van der Waals surface area contributed by atoms with Crippen LogP contribution in [-0.2, 0) is 0 Å². The molecule has 2 aromatic rings. The smallest absolute Gasteiger partial charge is 0.272 e. The van der Waals surface area contributed by atoms with Crippen molar-refractivity contribution in [1.82, 2.24) is 14.9 Å². The Hall–Kier alpha value is -2.63. The van der Waals surface area contributed by atoms with Crippen LogP contribution in [0.3, 0.4) is 0 Å². The second-order valence-electron chi connectivity index (χ2n) is 5.55. The number of hydrogen-bond donors (Lipinski definition) is 1. The Morgan fingerprint density at radius 3 is 2.58 bits per heavy atom. The molecular weight excluding hydrogens is 304 g/mol. The van der Waals surface area contributed by atoms with Crippen molar-refractivity contribution < 1.29 is 9.53 Å². The highest BCUT2D eigenvalue weighted by Gasteiger charge is 2.15. The fraction of sp³-hybridized carbons (Fsp3) is 0.389. The van der Waals surface area contributed by atoms with Crippen LogP contribution in [0.5, 0.6) is 5.75 Å². The second kappa shape index (κ2) is 8.29. The molecule has 2 rings (SSSR count). The summed E-state index contributed by atoms with van der Waals surface area (Å²) < 4.78 is 5.79. The van der Waals surface area contributed by atoms with Crippen molar-refractivity contribution in [3.8, 4) is 5.75 Å². The highest BCUT2D eigenvalue weighted by molar-refractivity contribution is 5.93. The lowest BCUT2D eigenvalue weighted by Crippen LogP contribution is -2.31. The van der Waals surface area contributed by atoms with Crippen molar-refractivity contribution in [3.05, 3.63) is 42.4 Å². The molecule has 0 atom stereocenters. The van der Waals surface area contributed by atoms with Gasteiger partial charge in [-0.05, 0) is 39.8 Å². The van der Waals surface area contributed by atoms with E-state index in [1.165, 1.54) is 6.33 Å². The predicted molar refractivity (Wildman–Crippen MR) is 94.8 cm³/mol. The Morgan fingerprint density at radius 2 is 1.92 bits per heavy atom. The van der Waals surface area contributed by atoms with Crippen LogP contribution in [-0.4, -0.2) is 40.0 Å². The summed E-state index contributed by atoms with van der Waals surface area (Å²) in [5.41, 5.74) is 1.17. The van der Waals surface area contributed by atoms with Gasteiger partial charge in [-0.1, -0.05) is 12.1 Å². The van der Waals surface area contributed by atoms with E-state index in [2.05, 4.69) is 15.3 Å². The van der Waals surface area contributed by atoms with Crippen molar-refractivity contribution in [1.29, 1.82) is 0 Å². The second-order valence-corrected chi connectivity index (χ2v) is 5.55. The molecule has 1 heterocycles. The molecule has 0 fully saturated rings. The third-order valence-electron chi connectivity index (χ3n) is 3.45. The molecule has 1 aromatic carbocycles. The van der Waals surface area contributed by atoms with Crippen LogP contribution in [0, 0.1) is 0 Å². The minimum atomic E-state index is -0.0998. The zero-order valence-electron chi connectivity index (χ0n) is 14.6. The summed E-state index contributed by atoms with van der Waals surface area (Å²) in [5, 5.41) is 3.20. The van der Waals surface area contributed by atoms with E-state index in [4.69, 9.17) is 4.74 Å². The van der Waals surface area contributed by atoms with Gasteiger partial charge in [0, 0.05) is 19.2 Å². The van der Waals surface area contributed by atoms with E-state index in [0.717, 1.165) is 11.4 Å². The van der Waals surface area contributed by atoms with E-state index < -0.39 is 0 Å². The van der Waals surface area contributed by atoms with Crippen LogP contribution in [0.2, 0.25) is 0 Å². The summed E-state index contributed by atoms with van der Waals surface area (Å²) in [6.45, 7) is 9.13. The fourth-order valence-electron chi connectivity index (χ4n) is 2.28. The molecule has 0 spiro atoms. The van der Waals surface area contributed by atoms with Gasteiger partial charge in [0.15, 0.2) is 0 Å². The number of nitrogens with zero attached hydrogens (tertiary/aromatic N) is 3. The van der Waals surface area contributed by atoms with Crippen molar-refractivity contribution in [3.63, 3.8) is 0 Å². The van der Waals surface area contributed by atoms with Crippen LogP contribution in [0.4, 0.5) is 11.5 Å². The minimum absolute atomic E-state index is 0.0677. The first-order chi connectivity index (χ1) is 11.5. The van der Waals surface area contributed by atoms with E-state index in [9.17, 15) is 4.79 Å². The third kappa shape index (κ3) is 4.44. The maximum Gasteiger partial charge on any atom is 0.272 e. The number of amides is 1.